The molecule has 1 aliphatic heterocycles. The van der Waals surface area contributed by atoms with Crippen molar-refractivity contribution in [1.29, 1.82) is 0 Å². The molecule has 0 aromatic heterocycles. The molecule has 0 radical (unpaired) electrons. The molecule has 82 valence electrons. The van der Waals surface area contributed by atoms with E-state index in [0.29, 0.717) is 12.6 Å². The normalized spacial score (nSPS) is 29.4. The van der Waals surface area contributed by atoms with Gasteiger partial charge < -0.3 is 10.1 Å². The molecule has 2 aliphatic rings. The van der Waals surface area contributed by atoms with Gasteiger partial charge >= 0.3 is 0 Å². The van der Waals surface area contributed by atoms with Gasteiger partial charge in [0.25, 0.3) is 0 Å². The lowest BCUT2D eigenvalue weighted by Crippen LogP contribution is -2.51. The van der Waals surface area contributed by atoms with E-state index in [-0.39, 0.29) is 6.67 Å². The summed E-state index contributed by atoms with van der Waals surface area (Å²) in [6.45, 7) is 3.63. The lowest BCUT2D eigenvalue weighted by molar-refractivity contribution is -0.00895. The molecule has 14 heavy (non-hydrogen) atoms. The number of morpholine rings is 1. The van der Waals surface area contributed by atoms with Crippen LogP contribution in [0, 0.1) is 0 Å². The molecule has 1 atom stereocenters. The van der Waals surface area contributed by atoms with E-state index < -0.39 is 0 Å². The molecule has 0 bridgehead atoms. The van der Waals surface area contributed by atoms with Gasteiger partial charge in [0, 0.05) is 31.7 Å². The Morgan fingerprint density at radius 1 is 1.43 bits per heavy atom. The average Bonchev–Trinajstić information content (AvgIpc) is 3.01. The second-order valence-corrected chi connectivity index (χ2v) is 4.14. The van der Waals surface area contributed by atoms with Crippen molar-refractivity contribution >= 4 is 0 Å². The van der Waals surface area contributed by atoms with Crippen LogP contribution in [-0.4, -0.2) is 56.5 Å². The molecule has 2 rings (SSSR count). The third-order valence-corrected chi connectivity index (χ3v) is 2.94. The summed E-state index contributed by atoms with van der Waals surface area (Å²) < 4.78 is 17.7. The highest BCUT2D eigenvalue weighted by Crippen LogP contribution is 2.19. The van der Waals surface area contributed by atoms with Crippen LogP contribution in [0.15, 0.2) is 0 Å². The Morgan fingerprint density at radius 3 is 3.00 bits per heavy atom. The van der Waals surface area contributed by atoms with Gasteiger partial charge in [0.2, 0.25) is 0 Å². The Morgan fingerprint density at radius 2 is 2.29 bits per heavy atom. The molecule has 0 aromatic rings. The molecule has 0 spiro atoms. The van der Waals surface area contributed by atoms with Crippen molar-refractivity contribution in [2.45, 2.75) is 24.9 Å². The fourth-order valence-electron chi connectivity index (χ4n) is 1.87. The van der Waals surface area contributed by atoms with Crippen LogP contribution in [0.2, 0.25) is 0 Å². The number of nitrogens with zero attached hydrogens (tertiary/aromatic N) is 1. The van der Waals surface area contributed by atoms with Crippen molar-refractivity contribution < 1.29 is 9.13 Å². The maximum Gasteiger partial charge on any atom is 0.102 e. The largest absolute Gasteiger partial charge is 0.378 e. The van der Waals surface area contributed by atoms with Crippen molar-refractivity contribution in [2.24, 2.45) is 0 Å². The van der Waals surface area contributed by atoms with Crippen LogP contribution >= 0.6 is 0 Å². The van der Waals surface area contributed by atoms with Gasteiger partial charge in [-0.25, -0.2) is 4.39 Å². The molecule has 1 unspecified atom stereocenters. The molecule has 0 amide bonds. The number of halogens is 1. The predicted octanol–water partition coefficient (Wildman–Crippen LogP) is 0.409. The Bertz CT molecular complexity index is 174. The lowest BCUT2D eigenvalue weighted by Gasteiger charge is -2.35. The van der Waals surface area contributed by atoms with E-state index in [0.717, 1.165) is 32.3 Å². The molecule has 3 nitrogen and oxygen atoms in total. The van der Waals surface area contributed by atoms with Gasteiger partial charge in [-0.05, 0) is 12.8 Å². The quantitative estimate of drug-likeness (QED) is 0.699. The molecule has 1 saturated carbocycles. The fraction of sp³-hybridized carbons (Fsp3) is 1.00. The molecule has 1 heterocycles. The maximum atomic E-state index is 12.3. The minimum absolute atomic E-state index is 0.250. The van der Waals surface area contributed by atoms with E-state index in [9.17, 15) is 4.39 Å². The van der Waals surface area contributed by atoms with Gasteiger partial charge in [-0.3, -0.25) is 4.90 Å². The zero-order valence-corrected chi connectivity index (χ0v) is 8.54. The average molecular weight is 202 g/mol. The summed E-state index contributed by atoms with van der Waals surface area (Å²) in [5, 5.41) is 3.47. The Balaban J connectivity index is 1.72. The van der Waals surface area contributed by atoms with Crippen LogP contribution in [0.3, 0.4) is 0 Å². The smallest absolute Gasteiger partial charge is 0.102 e. The second kappa shape index (κ2) is 5.05. The third-order valence-electron chi connectivity index (χ3n) is 2.94. The van der Waals surface area contributed by atoms with Gasteiger partial charge in [0.15, 0.2) is 0 Å². The number of rotatable bonds is 5. The molecule has 4 heteroatoms. The van der Waals surface area contributed by atoms with Gasteiger partial charge in [0.1, 0.15) is 6.67 Å². The summed E-state index contributed by atoms with van der Waals surface area (Å²) in [6, 6.07) is 1.10. The predicted molar refractivity (Wildman–Crippen MR) is 53.2 cm³/mol. The minimum atomic E-state index is -0.250. The van der Waals surface area contributed by atoms with E-state index in [2.05, 4.69) is 10.2 Å². The second-order valence-electron chi connectivity index (χ2n) is 4.14. The summed E-state index contributed by atoms with van der Waals surface area (Å²) in [5.74, 6) is 0. The summed E-state index contributed by atoms with van der Waals surface area (Å²) >= 11 is 0. The highest BCUT2D eigenvalue weighted by Gasteiger charge is 2.26. The van der Waals surface area contributed by atoms with Crippen molar-refractivity contribution in [3.63, 3.8) is 0 Å². The standard InChI is InChI=1S/C10H19FN2O/c11-3-4-13-5-6-14-8-10(13)7-12-9-1-2-9/h9-10,12H,1-8H2. The summed E-state index contributed by atoms with van der Waals surface area (Å²) in [4.78, 5) is 2.19. The minimum Gasteiger partial charge on any atom is -0.378 e. The first kappa shape index (κ1) is 10.3. The van der Waals surface area contributed by atoms with Crippen LogP contribution in [0.4, 0.5) is 4.39 Å². The Labute approximate surface area is 84.6 Å². The van der Waals surface area contributed by atoms with Crippen LogP contribution in [-0.2, 0) is 4.74 Å². The number of ether oxygens (including phenoxy) is 1. The molecule has 0 aromatic carbocycles. The molecule has 1 N–H and O–H groups in total. The van der Waals surface area contributed by atoms with Gasteiger partial charge in [-0.2, -0.15) is 0 Å². The summed E-state index contributed by atoms with van der Waals surface area (Å²) in [7, 11) is 0. The van der Waals surface area contributed by atoms with Crippen molar-refractivity contribution in [3.05, 3.63) is 0 Å². The summed E-state index contributed by atoms with van der Waals surface area (Å²) in [6.07, 6.45) is 2.60. The highest BCUT2D eigenvalue weighted by molar-refractivity contribution is 4.85. The number of hydrogen-bond donors (Lipinski definition) is 1. The molecule has 1 aliphatic carbocycles. The van der Waals surface area contributed by atoms with Crippen molar-refractivity contribution in [2.75, 3.05) is 39.5 Å². The SMILES string of the molecule is FCCN1CCOCC1CNC1CC1. The third kappa shape index (κ3) is 2.90. The van der Waals surface area contributed by atoms with E-state index in [4.69, 9.17) is 4.74 Å². The Kier molecular flexibility index (Phi) is 3.73. The number of hydrogen-bond acceptors (Lipinski definition) is 3. The zero-order valence-electron chi connectivity index (χ0n) is 8.54. The molecule has 1 saturated heterocycles. The highest BCUT2D eigenvalue weighted by atomic mass is 19.1. The van der Waals surface area contributed by atoms with Crippen LogP contribution < -0.4 is 5.32 Å². The van der Waals surface area contributed by atoms with Crippen molar-refractivity contribution in [1.82, 2.24) is 10.2 Å². The van der Waals surface area contributed by atoms with E-state index >= 15 is 0 Å². The van der Waals surface area contributed by atoms with E-state index in [1.54, 1.807) is 0 Å². The van der Waals surface area contributed by atoms with Crippen LogP contribution in [0.5, 0.6) is 0 Å². The Hall–Kier alpha value is -0.190. The molecular formula is C10H19FN2O. The van der Waals surface area contributed by atoms with Crippen LogP contribution in [0.25, 0.3) is 0 Å². The van der Waals surface area contributed by atoms with Gasteiger partial charge in [0.05, 0.1) is 13.2 Å². The van der Waals surface area contributed by atoms with E-state index in [1.807, 2.05) is 0 Å². The fourth-order valence-corrected chi connectivity index (χ4v) is 1.87. The van der Waals surface area contributed by atoms with Gasteiger partial charge in [-0.15, -0.1) is 0 Å². The number of alkyl halides is 1. The molecular weight excluding hydrogens is 183 g/mol. The van der Waals surface area contributed by atoms with E-state index in [1.165, 1.54) is 12.8 Å². The first-order chi connectivity index (χ1) is 6.90. The topological polar surface area (TPSA) is 24.5 Å². The summed E-state index contributed by atoms with van der Waals surface area (Å²) in [5.41, 5.74) is 0. The van der Waals surface area contributed by atoms with Gasteiger partial charge in [-0.1, -0.05) is 0 Å². The first-order valence-corrected chi connectivity index (χ1v) is 5.51. The van der Waals surface area contributed by atoms with Crippen molar-refractivity contribution in [3.8, 4) is 0 Å². The monoisotopic (exact) mass is 202 g/mol. The zero-order chi connectivity index (χ0) is 9.80. The lowest BCUT2D eigenvalue weighted by atomic mass is 10.2. The number of nitrogens with one attached hydrogen (secondary N) is 1. The maximum absolute atomic E-state index is 12.3. The molecule has 2 fully saturated rings. The van der Waals surface area contributed by atoms with Crippen LogP contribution in [0.1, 0.15) is 12.8 Å². The first-order valence-electron chi connectivity index (χ1n) is 5.51.